The Labute approximate surface area is 142 Å². The van der Waals surface area contributed by atoms with Crippen LogP contribution >= 0.6 is 0 Å². The average molecular weight is 325 g/mol. The number of urea groups is 1. The van der Waals surface area contributed by atoms with Gasteiger partial charge in [-0.25, -0.2) is 4.79 Å². The fraction of sp³-hybridized carbons (Fsp3) is 0.368. The number of carbonyl (C=O) groups excluding carboxylic acids is 1. The van der Waals surface area contributed by atoms with E-state index in [2.05, 4.69) is 15.6 Å². The molecule has 5 heteroatoms. The summed E-state index contributed by atoms with van der Waals surface area (Å²) in [6, 6.07) is 11.7. The lowest BCUT2D eigenvalue weighted by molar-refractivity contribution is -0.0290. The molecule has 24 heavy (non-hydrogen) atoms. The third-order valence-corrected chi connectivity index (χ3v) is 4.63. The summed E-state index contributed by atoms with van der Waals surface area (Å²) in [6.07, 6.45) is 6.10. The Morgan fingerprint density at radius 3 is 2.38 bits per heavy atom. The predicted octanol–water partition coefficient (Wildman–Crippen LogP) is 3.02. The Kier molecular flexibility index (Phi) is 4.81. The smallest absolute Gasteiger partial charge is 0.315 e. The molecule has 1 aliphatic carbocycles. The molecule has 1 aromatic carbocycles. The molecular weight excluding hydrogens is 302 g/mol. The molecular formula is C19H23N3O2. The zero-order valence-electron chi connectivity index (χ0n) is 13.8. The van der Waals surface area contributed by atoms with E-state index < -0.39 is 5.60 Å². The summed E-state index contributed by atoms with van der Waals surface area (Å²) < 4.78 is 0. The van der Waals surface area contributed by atoms with Gasteiger partial charge in [-0.3, -0.25) is 4.98 Å². The van der Waals surface area contributed by atoms with Gasteiger partial charge in [-0.1, -0.05) is 24.3 Å². The largest absolute Gasteiger partial charge is 0.388 e. The van der Waals surface area contributed by atoms with Crippen molar-refractivity contribution in [1.29, 1.82) is 0 Å². The fourth-order valence-electron chi connectivity index (χ4n) is 2.85. The maximum absolute atomic E-state index is 12.0. The summed E-state index contributed by atoms with van der Waals surface area (Å²) in [5.74, 6) is 0. The van der Waals surface area contributed by atoms with Gasteiger partial charge in [-0.05, 0) is 55.0 Å². The first-order valence-corrected chi connectivity index (χ1v) is 8.33. The van der Waals surface area contributed by atoms with E-state index in [0.717, 1.165) is 36.0 Å². The van der Waals surface area contributed by atoms with E-state index in [4.69, 9.17) is 0 Å². The van der Waals surface area contributed by atoms with Crippen molar-refractivity contribution in [2.45, 2.75) is 37.8 Å². The molecule has 1 unspecified atom stereocenters. The van der Waals surface area contributed by atoms with Gasteiger partial charge < -0.3 is 15.7 Å². The molecule has 0 radical (unpaired) electrons. The van der Waals surface area contributed by atoms with Crippen LogP contribution < -0.4 is 10.6 Å². The van der Waals surface area contributed by atoms with Crippen molar-refractivity contribution < 1.29 is 9.90 Å². The van der Waals surface area contributed by atoms with Crippen molar-refractivity contribution in [3.63, 3.8) is 0 Å². The van der Waals surface area contributed by atoms with E-state index in [-0.39, 0.29) is 12.1 Å². The minimum atomic E-state index is -0.702. The number of aliphatic hydroxyl groups is 1. The summed E-state index contributed by atoms with van der Waals surface area (Å²) in [4.78, 5) is 16.0. The van der Waals surface area contributed by atoms with E-state index in [1.165, 1.54) is 0 Å². The van der Waals surface area contributed by atoms with Gasteiger partial charge in [-0.2, -0.15) is 0 Å². The monoisotopic (exact) mass is 325 g/mol. The minimum Gasteiger partial charge on any atom is -0.388 e. The van der Waals surface area contributed by atoms with Crippen LogP contribution in [-0.2, 0) is 0 Å². The van der Waals surface area contributed by atoms with E-state index >= 15 is 0 Å². The summed E-state index contributed by atoms with van der Waals surface area (Å²) >= 11 is 0. The first kappa shape index (κ1) is 16.5. The van der Waals surface area contributed by atoms with Crippen LogP contribution in [0.15, 0.2) is 48.8 Å². The number of pyridine rings is 1. The molecule has 126 valence electrons. The van der Waals surface area contributed by atoms with E-state index in [9.17, 15) is 9.90 Å². The molecule has 0 saturated heterocycles. The SMILES string of the molecule is CC(NC(=O)NCC1(O)CCC1)c1ccc(-c2ccncc2)cc1. The quantitative estimate of drug-likeness (QED) is 0.791. The molecule has 0 spiro atoms. The van der Waals surface area contributed by atoms with Crippen LogP contribution in [0.2, 0.25) is 0 Å². The number of aromatic nitrogens is 1. The maximum Gasteiger partial charge on any atom is 0.315 e. The molecule has 2 amide bonds. The molecule has 0 bridgehead atoms. The Morgan fingerprint density at radius 1 is 1.17 bits per heavy atom. The van der Waals surface area contributed by atoms with Gasteiger partial charge in [0.25, 0.3) is 0 Å². The summed E-state index contributed by atoms with van der Waals surface area (Å²) in [6.45, 7) is 2.26. The first-order valence-electron chi connectivity index (χ1n) is 8.33. The Hall–Kier alpha value is -2.40. The van der Waals surface area contributed by atoms with Crippen molar-refractivity contribution in [1.82, 2.24) is 15.6 Å². The number of amides is 2. The third-order valence-electron chi connectivity index (χ3n) is 4.63. The standard InChI is InChI=1S/C19H23N3O2/c1-14(22-18(23)21-13-19(24)9-2-10-19)15-3-5-16(6-4-15)17-7-11-20-12-8-17/h3-8,11-12,14,24H,2,9-10,13H2,1H3,(H2,21,22,23). The van der Waals surface area contributed by atoms with Crippen LogP contribution in [0.4, 0.5) is 4.79 Å². The van der Waals surface area contributed by atoms with Gasteiger partial charge in [0.05, 0.1) is 11.6 Å². The lowest BCUT2D eigenvalue weighted by atomic mass is 9.80. The fourth-order valence-corrected chi connectivity index (χ4v) is 2.85. The molecule has 0 aliphatic heterocycles. The molecule has 2 aromatic rings. The Balaban J connectivity index is 1.54. The lowest BCUT2D eigenvalue weighted by Gasteiger charge is -2.36. The topological polar surface area (TPSA) is 74.2 Å². The molecule has 1 fully saturated rings. The van der Waals surface area contributed by atoms with Crippen LogP contribution in [0.5, 0.6) is 0 Å². The van der Waals surface area contributed by atoms with Gasteiger partial charge in [0.2, 0.25) is 0 Å². The Morgan fingerprint density at radius 2 is 1.79 bits per heavy atom. The molecule has 3 rings (SSSR count). The van der Waals surface area contributed by atoms with E-state index in [1.807, 2.05) is 43.3 Å². The molecule has 1 saturated carbocycles. The number of hydrogen-bond acceptors (Lipinski definition) is 3. The zero-order chi connectivity index (χ0) is 17.0. The average Bonchev–Trinajstić information content (AvgIpc) is 2.59. The minimum absolute atomic E-state index is 0.104. The second-order valence-corrected chi connectivity index (χ2v) is 6.48. The highest BCUT2D eigenvalue weighted by Crippen LogP contribution is 2.30. The van der Waals surface area contributed by atoms with Gasteiger partial charge in [0, 0.05) is 18.9 Å². The third kappa shape index (κ3) is 3.92. The number of rotatable bonds is 5. The number of nitrogens with zero attached hydrogens (tertiary/aromatic N) is 1. The van der Waals surface area contributed by atoms with Crippen LogP contribution in [0.1, 0.15) is 37.8 Å². The van der Waals surface area contributed by atoms with Gasteiger partial charge in [0.1, 0.15) is 0 Å². The van der Waals surface area contributed by atoms with Crippen LogP contribution in [-0.4, -0.2) is 28.3 Å². The van der Waals surface area contributed by atoms with Crippen molar-refractivity contribution >= 4 is 6.03 Å². The van der Waals surface area contributed by atoms with Crippen LogP contribution in [0.3, 0.4) is 0 Å². The second kappa shape index (κ2) is 7.01. The predicted molar refractivity (Wildman–Crippen MR) is 93.4 cm³/mol. The molecule has 5 nitrogen and oxygen atoms in total. The van der Waals surface area contributed by atoms with Gasteiger partial charge in [-0.15, -0.1) is 0 Å². The molecule has 1 atom stereocenters. The summed E-state index contributed by atoms with van der Waals surface area (Å²) in [7, 11) is 0. The maximum atomic E-state index is 12.0. The van der Waals surface area contributed by atoms with Gasteiger partial charge >= 0.3 is 6.03 Å². The van der Waals surface area contributed by atoms with E-state index in [0.29, 0.717) is 6.54 Å². The summed E-state index contributed by atoms with van der Waals surface area (Å²) in [5, 5.41) is 15.7. The highest BCUT2D eigenvalue weighted by Gasteiger charge is 2.34. The van der Waals surface area contributed by atoms with Crippen LogP contribution in [0.25, 0.3) is 11.1 Å². The number of carbonyl (C=O) groups is 1. The number of hydrogen-bond donors (Lipinski definition) is 3. The second-order valence-electron chi connectivity index (χ2n) is 6.48. The normalized spacial score (nSPS) is 16.8. The zero-order valence-corrected chi connectivity index (χ0v) is 13.8. The number of benzene rings is 1. The van der Waals surface area contributed by atoms with E-state index in [1.54, 1.807) is 12.4 Å². The molecule has 1 aromatic heterocycles. The van der Waals surface area contributed by atoms with Crippen molar-refractivity contribution in [2.75, 3.05) is 6.54 Å². The first-order chi connectivity index (χ1) is 11.6. The highest BCUT2D eigenvalue weighted by atomic mass is 16.3. The number of nitrogens with one attached hydrogen (secondary N) is 2. The van der Waals surface area contributed by atoms with Crippen molar-refractivity contribution in [3.8, 4) is 11.1 Å². The molecule has 3 N–H and O–H groups in total. The molecule has 1 aliphatic rings. The molecule has 1 heterocycles. The lowest BCUT2D eigenvalue weighted by Crippen LogP contribution is -2.50. The van der Waals surface area contributed by atoms with Gasteiger partial charge in [0.15, 0.2) is 0 Å². The highest BCUT2D eigenvalue weighted by molar-refractivity contribution is 5.74. The Bertz CT molecular complexity index is 682. The van der Waals surface area contributed by atoms with Crippen molar-refractivity contribution in [2.24, 2.45) is 0 Å². The van der Waals surface area contributed by atoms with Crippen LogP contribution in [0, 0.1) is 0 Å². The summed E-state index contributed by atoms with van der Waals surface area (Å²) in [5.41, 5.74) is 2.56. The van der Waals surface area contributed by atoms with Crippen molar-refractivity contribution in [3.05, 3.63) is 54.4 Å².